The molecule has 3 nitrogen and oxygen atoms in total. The van der Waals surface area contributed by atoms with Crippen molar-refractivity contribution in [1.82, 2.24) is 4.90 Å². The fourth-order valence-corrected chi connectivity index (χ4v) is 4.54. The lowest BCUT2D eigenvalue weighted by Crippen LogP contribution is -2.44. The standard InChI is InChI=1S/C16H22N2OS/c17-8-7-12-4-3-9-18(11-12)16(19)15-10-13-5-1-2-6-14(13)20-15/h1-2,5-6,12,15H,3-4,7-11,17H2. The number of hydrogen-bond acceptors (Lipinski definition) is 3. The molecule has 0 aromatic heterocycles. The molecule has 0 spiro atoms. The summed E-state index contributed by atoms with van der Waals surface area (Å²) in [5, 5.41) is 0.0871. The average molecular weight is 290 g/mol. The number of benzene rings is 1. The van der Waals surface area contributed by atoms with E-state index in [1.807, 2.05) is 0 Å². The molecule has 108 valence electrons. The van der Waals surface area contributed by atoms with Crippen LogP contribution in [-0.4, -0.2) is 35.7 Å². The van der Waals surface area contributed by atoms with Crippen molar-refractivity contribution in [3.05, 3.63) is 29.8 Å². The summed E-state index contributed by atoms with van der Waals surface area (Å²) in [6.07, 6.45) is 4.28. The van der Waals surface area contributed by atoms with Crippen LogP contribution in [0.15, 0.2) is 29.2 Å². The van der Waals surface area contributed by atoms with Crippen LogP contribution in [-0.2, 0) is 11.2 Å². The number of fused-ring (bicyclic) bond motifs is 1. The second-order valence-electron chi connectivity index (χ2n) is 5.79. The molecule has 0 radical (unpaired) electrons. The Labute approximate surface area is 124 Å². The van der Waals surface area contributed by atoms with Gasteiger partial charge in [0.2, 0.25) is 5.91 Å². The number of nitrogens with zero attached hydrogens (tertiary/aromatic N) is 1. The normalized spacial score (nSPS) is 25.6. The fraction of sp³-hybridized carbons (Fsp3) is 0.562. The van der Waals surface area contributed by atoms with Gasteiger partial charge in [-0.1, -0.05) is 18.2 Å². The molecule has 1 aromatic carbocycles. The van der Waals surface area contributed by atoms with Gasteiger partial charge >= 0.3 is 0 Å². The fourth-order valence-electron chi connectivity index (χ4n) is 3.26. The average Bonchev–Trinajstić information content (AvgIpc) is 2.91. The van der Waals surface area contributed by atoms with Gasteiger partial charge in [0.25, 0.3) is 0 Å². The van der Waals surface area contributed by atoms with Crippen molar-refractivity contribution < 1.29 is 4.79 Å². The summed E-state index contributed by atoms with van der Waals surface area (Å²) < 4.78 is 0. The number of nitrogens with two attached hydrogens (primary N) is 1. The van der Waals surface area contributed by atoms with E-state index in [4.69, 9.17) is 5.73 Å². The zero-order valence-electron chi connectivity index (χ0n) is 11.8. The highest BCUT2D eigenvalue weighted by atomic mass is 32.2. The molecule has 0 bridgehead atoms. The first kappa shape index (κ1) is 14.0. The highest BCUT2D eigenvalue weighted by molar-refractivity contribution is 8.01. The molecule has 2 atom stereocenters. The molecule has 0 aliphatic carbocycles. The molecule has 2 unspecified atom stereocenters. The third-order valence-corrected chi connectivity index (χ3v) is 5.63. The Morgan fingerprint density at radius 3 is 3.05 bits per heavy atom. The topological polar surface area (TPSA) is 46.3 Å². The van der Waals surface area contributed by atoms with E-state index >= 15 is 0 Å². The number of carbonyl (C=O) groups is 1. The smallest absolute Gasteiger partial charge is 0.236 e. The van der Waals surface area contributed by atoms with E-state index in [0.29, 0.717) is 11.8 Å². The second kappa shape index (κ2) is 6.19. The minimum atomic E-state index is 0.0871. The van der Waals surface area contributed by atoms with Crippen molar-refractivity contribution in [2.75, 3.05) is 19.6 Å². The highest BCUT2D eigenvalue weighted by Crippen LogP contribution is 2.38. The summed E-state index contributed by atoms with van der Waals surface area (Å²) in [7, 11) is 0. The minimum absolute atomic E-state index is 0.0871. The largest absolute Gasteiger partial charge is 0.341 e. The Balaban J connectivity index is 1.63. The first-order valence-corrected chi connectivity index (χ1v) is 8.39. The maximum absolute atomic E-state index is 12.7. The first-order chi connectivity index (χ1) is 9.78. The van der Waals surface area contributed by atoms with Crippen molar-refractivity contribution in [3.63, 3.8) is 0 Å². The number of piperidine rings is 1. The molecule has 0 saturated carbocycles. The van der Waals surface area contributed by atoms with Gasteiger partial charge in [0.15, 0.2) is 0 Å². The van der Waals surface area contributed by atoms with Crippen LogP contribution in [0.2, 0.25) is 0 Å². The Morgan fingerprint density at radius 2 is 2.25 bits per heavy atom. The van der Waals surface area contributed by atoms with Gasteiger partial charge in [-0.05, 0) is 49.8 Å². The summed E-state index contributed by atoms with van der Waals surface area (Å²) in [5.41, 5.74) is 6.98. The third-order valence-electron chi connectivity index (χ3n) is 4.33. The number of likely N-dealkylation sites (tertiary alicyclic amines) is 1. The lowest BCUT2D eigenvalue weighted by atomic mass is 9.94. The van der Waals surface area contributed by atoms with Gasteiger partial charge in [-0.2, -0.15) is 0 Å². The molecule has 2 aliphatic heterocycles. The molecule has 2 heterocycles. The van der Waals surface area contributed by atoms with Crippen molar-refractivity contribution >= 4 is 17.7 Å². The molecule has 3 rings (SSSR count). The van der Waals surface area contributed by atoms with E-state index in [1.54, 1.807) is 11.8 Å². The molecular weight excluding hydrogens is 268 g/mol. The van der Waals surface area contributed by atoms with Crippen LogP contribution in [0, 0.1) is 5.92 Å². The molecule has 2 aliphatic rings. The van der Waals surface area contributed by atoms with Crippen molar-refractivity contribution in [1.29, 1.82) is 0 Å². The van der Waals surface area contributed by atoms with Crippen LogP contribution in [0.3, 0.4) is 0 Å². The zero-order valence-corrected chi connectivity index (χ0v) is 12.6. The molecule has 2 N–H and O–H groups in total. The van der Waals surface area contributed by atoms with E-state index in [9.17, 15) is 4.79 Å². The van der Waals surface area contributed by atoms with Crippen LogP contribution in [0.4, 0.5) is 0 Å². The predicted octanol–water partition coefficient (Wildman–Crippen LogP) is 2.29. The van der Waals surface area contributed by atoms with Gasteiger partial charge < -0.3 is 10.6 Å². The minimum Gasteiger partial charge on any atom is -0.341 e. The molecule has 20 heavy (non-hydrogen) atoms. The molecule has 1 fully saturated rings. The van der Waals surface area contributed by atoms with E-state index in [2.05, 4.69) is 29.2 Å². The third kappa shape index (κ3) is 2.86. The Bertz CT molecular complexity index is 464. The second-order valence-corrected chi connectivity index (χ2v) is 7.03. The van der Waals surface area contributed by atoms with Gasteiger partial charge in [0.05, 0.1) is 5.25 Å². The van der Waals surface area contributed by atoms with Gasteiger partial charge in [0, 0.05) is 18.0 Å². The van der Waals surface area contributed by atoms with Crippen molar-refractivity contribution in [2.24, 2.45) is 11.7 Å². The zero-order chi connectivity index (χ0) is 13.9. The summed E-state index contributed by atoms with van der Waals surface area (Å²) >= 11 is 1.74. The van der Waals surface area contributed by atoms with Crippen LogP contribution in [0.25, 0.3) is 0 Å². The van der Waals surface area contributed by atoms with E-state index in [0.717, 1.165) is 38.9 Å². The van der Waals surface area contributed by atoms with Crippen molar-refractivity contribution in [3.8, 4) is 0 Å². The van der Waals surface area contributed by atoms with Gasteiger partial charge in [0.1, 0.15) is 0 Å². The van der Waals surface area contributed by atoms with E-state index in [-0.39, 0.29) is 5.25 Å². The van der Waals surface area contributed by atoms with Crippen LogP contribution in [0.5, 0.6) is 0 Å². The van der Waals surface area contributed by atoms with Crippen molar-refractivity contribution in [2.45, 2.75) is 35.8 Å². The summed E-state index contributed by atoms with van der Waals surface area (Å²) in [6, 6.07) is 8.38. The lowest BCUT2D eigenvalue weighted by molar-refractivity contribution is -0.132. The van der Waals surface area contributed by atoms with Crippen LogP contribution < -0.4 is 5.73 Å². The maximum atomic E-state index is 12.7. The molecule has 1 aromatic rings. The van der Waals surface area contributed by atoms with E-state index < -0.39 is 0 Å². The number of rotatable bonds is 3. The molecule has 1 amide bonds. The lowest BCUT2D eigenvalue weighted by Gasteiger charge is -2.34. The number of thioether (sulfide) groups is 1. The molecular formula is C16H22N2OS. The number of carbonyl (C=O) groups excluding carboxylic acids is 1. The van der Waals surface area contributed by atoms with Gasteiger partial charge in [-0.25, -0.2) is 0 Å². The quantitative estimate of drug-likeness (QED) is 0.929. The SMILES string of the molecule is NCCC1CCCN(C(=O)C2Cc3ccccc3S2)C1. The maximum Gasteiger partial charge on any atom is 0.236 e. The molecule has 1 saturated heterocycles. The summed E-state index contributed by atoms with van der Waals surface area (Å²) in [5.74, 6) is 0.930. The highest BCUT2D eigenvalue weighted by Gasteiger charge is 2.33. The number of amides is 1. The van der Waals surface area contributed by atoms with Gasteiger partial charge in [-0.15, -0.1) is 11.8 Å². The predicted molar refractivity (Wildman–Crippen MR) is 82.8 cm³/mol. The molecule has 4 heteroatoms. The Hall–Kier alpha value is -1.00. The monoisotopic (exact) mass is 290 g/mol. The van der Waals surface area contributed by atoms with Gasteiger partial charge in [-0.3, -0.25) is 4.79 Å². The first-order valence-electron chi connectivity index (χ1n) is 7.51. The Kier molecular flexibility index (Phi) is 4.32. The number of hydrogen-bond donors (Lipinski definition) is 1. The van der Waals surface area contributed by atoms with Crippen LogP contribution >= 0.6 is 11.8 Å². The van der Waals surface area contributed by atoms with E-state index in [1.165, 1.54) is 16.9 Å². The summed E-state index contributed by atoms with van der Waals surface area (Å²) in [4.78, 5) is 16.0. The Morgan fingerprint density at radius 1 is 1.40 bits per heavy atom. The summed E-state index contributed by atoms with van der Waals surface area (Å²) in [6.45, 7) is 2.56. The van der Waals surface area contributed by atoms with Crippen LogP contribution in [0.1, 0.15) is 24.8 Å².